The van der Waals surface area contributed by atoms with Gasteiger partial charge in [-0.1, -0.05) is 26.0 Å². The zero-order chi connectivity index (χ0) is 11.3. The van der Waals surface area contributed by atoms with Crippen molar-refractivity contribution in [2.75, 3.05) is 0 Å². The van der Waals surface area contributed by atoms with Gasteiger partial charge in [-0.2, -0.15) is 0 Å². The molecule has 1 aromatic carbocycles. The van der Waals surface area contributed by atoms with E-state index in [-0.39, 0.29) is 0 Å². The highest BCUT2D eigenvalue weighted by Crippen LogP contribution is 2.15. The van der Waals surface area contributed by atoms with Gasteiger partial charge >= 0.3 is 5.97 Å². The minimum absolute atomic E-state index is 0.463. The van der Waals surface area contributed by atoms with Gasteiger partial charge in [0.1, 0.15) is 5.75 Å². The van der Waals surface area contributed by atoms with Crippen molar-refractivity contribution in [3.63, 3.8) is 0 Å². The van der Waals surface area contributed by atoms with Crippen molar-refractivity contribution >= 4 is 5.97 Å². The standard InChI is InChI=1S/C12H16O3/c1-3-9-5-7-10(8-6-9)15-11(4-2)12(13)14/h5-8,11H,3-4H2,1-2H3,(H,13,14)/t11-/m0/s1. The third-order valence-corrected chi connectivity index (χ3v) is 2.26. The number of hydrogen-bond donors (Lipinski definition) is 1. The molecule has 1 atom stereocenters. The highest BCUT2D eigenvalue weighted by atomic mass is 16.5. The quantitative estimate of drug-likeness (QED) is 0.808. The zero-order valence-electron chi connectivity index (χ0n) is 9.06. The smallest absolute Gasteiger partial charge is 0.344 e. The second kappa shape index (κ2) is 5.39. The van der Waals surface area contributed by atoms with Crippen LogP contribution < -0.4 is 4.74 Å². The molecule has 0 saturated heterocycles. The Morgan fingerprint density at radius 2 is 1.93 bits per heavy atom. The number of benzene rings is 1. The zero-order valence-corrected chi connectivity index (χ0v) is 9.06. The molecule has 0 aliphatic carbocycles. The molecule has 3 nitrogen and oxygen atoms in total. The van der Waals surface area contributed by atoms with Crippen molar-refractivity contribution in [3.05, 3.63) is 29.8 Å². The van der Waals surface area contributed by atoms with Gasteiger partial charge in [0.25, 0.3) is 0 Å². The number of hydrogen-bond acceptors (Lipinski definition) is 2. The van der Waals surface area contributed by atoms with Crippen LogP contribution in [0, 0.1) is 0 Å². The first kappa shape index (κ1) is 11.6. The van der Waals surface area contributed by atoms with Gasteiger partial charge in [0.05, 0.1) is 0 Å². The van der Waals surface area contributed by atoms with E-state index in [9.17, 15) is 4.79 Å². The first-order valence-corrected chi connectivity index (χ1v) is 5.15. The minimum Gasteiger partial charge on any atom is -0.479 e. The van der Waals surface area contributed by atoms with E-state index in [1.54, 1.807) is 6.92 Å². The van der Waals surface area contributed by atoms with E-state index >= 15 is 0 Å². The molecular weight excluding hydrogens is 192 g/mol. The normalized spacial score (nSPS) is 12.1. The number of carboxylic acid groups (broad SMARTS) is 1. The van der Waals surface area contributed by atoms with Crippen LogP contribution in [0.25, 0.3) is 0 Å². The van der Waals surface area contributed by atoms with Crippen LogP contribution in [0.4, 0.5) is 0 Å². The lowest BCUT2D eigenvalue weighted by Crippen LogP contribution is -2.25. The van der Waals surface area contributed by atoms with E-state index in [1.165, 1.54) is 5.56 Å². The Hall–Kier alpha value is -1.51. The number of aryl methyl sites for hydroxylation is 1. The topological polar surface area (TPSA) is 46.5 Å². The van der Waals surface area contributed by atoms with E-state index in [4.69, 9.17) is 9.84 Å². The van der Waals surface area contributed by atoms with Gasteiger partial charge in [0.15, 0.2) is 6.10 Å². The summed E-state index contributed by atoms with van der Waals surface area (Å²) in [7, 11) is 0. The minimum atomic E-state index is -0.919. The van der Waals surface area contributed by atoms with Gasteiger partial charge in [-0.3, -0.25) is 0 Å². The van der Waals surface area contributed by atoms with Crippen molar-refractivity contribution < 1.29 is 14.6 Å². The number of ether oxygens (including phenoxy) is 1. The van der Waals surface area contributed by atoms with E-state index < -0.39 is 12.1 Å². The second-order valence-electron chi connectivity index (χ2n) is 3.35. The van der Waals surface area contributed by atoms with E-state index in [0.717, 1.165) is 6.42 Å². The van der Waals surface area contributed by atoms with Gasteiger partial charge in [-0.05, 0) is 30.5 Å². The molecule has 0 aliphatic heterocycles. The summed E-state index contributed by atoms with van der Waals surface area (Å²) >= 11 is 0. The summed E-state index contributed by atoms with van der Waals surface area (Å²) in [6.07, 6.45) is 0.679. The molecule has 0 fully saturated rings. The fourth-order valence-electron chi connectivity index (χ4n) is 1.28. The van der Waals surface area contributed by atoms with Crippen LogP contribution in [0.2, 0.25) is 0 Å². The Bertz CT molecular complexity index is 316. The summed E-state index contributed by atoms with van der Waals surface area (Å²) < 4.78 is 5.33. The van der Waals surface area contributed by atoms with Gasteiger partial charge in [-0.25, -0.2) is 4.79 Å². The highest BCUT2D eigenvalue weighted by molar-refractivity contribution is 5.72. The maximum absolute atomic E-state index is 10.7. The first-order chi connectivity index (χ1) is 7.17. The molecule has 3 heteroatoms. The number of aliphatic carboxylic acids is 1. The molecule has 15 heavy (non-hydrogen) atoms. The van der Waals surface area contributed by atoms with Crippen molar-refractivity contribution in [2.45, 2.75) is 32.8 Å². The Morgan fingerprint density at radius 1 is 1.33 bits per heavy atom. The molecule has 0 amide bonds. The first-order valence-electron chi connectivity index (χ1n) is 5.15. The molecule has 0 unspecified atom stereocenters. The number of rotatable bonds is 5. The van der Waals surface area contributed by atoms with Crippen LogP contribution in [0.3, 0.4) is 0 Å². The largest absolute Gasteiger partial charge is 0.479 e. The molecule has 0 spiro atoms. The lowest BCUT2D eigenvalue weighted by Gasteiger charge is -2.13. The maximum Gasteiger partial charge on any atom is 0.344 e. The third-order valence-electron chi connectivity index (χ3n) is 2.26. The predicted octanol–water partition coefficient (Wildman–Crippen LogP) is 2.49. The molecule has 1 aromatic rings. The van der Waals surface area contributed by atoms with Crippen LogP contribution in [0.1, 0.15) is 25.8 Å². The molecular formula is C12H16O3. The van der Waals surface area contributed by atoms with Gasteiger partial charge < -0.3 is 9.84 Å². The van der Waals surface area contributed by atoms with E-state index in [2.05, 4.69) is 6.92 Å². The summed E-state index contributed by atoms with van der Waals surface area (Å²) in [5.41, 5.74) is 1.21. The van der Waals surface area contributed by atoms with Gasteiger partial charge in [0, 0.05) is 0 Å². The van der Waals surface area contributed by atoms with E-state index in [0.29, 0.717) is 12.2 Å². The SMILES string of the molecule is CCc1ccc(O[C@@H](CC)C(=O)O)cc1. The number of carboxylic acids is 1. The molecule has 0 radical (unpaired) electrons. The van der Waals surface area contributed by atoms with Crippen LogP contribution >= 0.6 is 0 Å². The maximum atomic E-state index is 10.7. The molecule has 0 aromatic heterocycles. The highest BCUT2D eigenvalue weighted by Gasteiger charge is 2.16. The Kier molecular flexibility index (Phi) is 4.16. The van der Waals surface area contributed by atoms with Gasteiger partial charge in [0.2, 0.25) is 0 Å². The van der Waals surface area contributed by atoms with Crippen molar-refractivity contribution in [1.82, 2.24) is 0 Å². The fourth-order valence-corrected chi connectivity index (χ4v) is 1.28. The second-order valence-corrected chi connectivity index (χ2v) is 3.35. The lowest BCUT2D eigenvalue weighted by atomic mass is 10.2. The Labute approximate surface area is 89.7 Å². The summed E-state index contributed by atoms with van der Waals surface area (Å²) in [4.78, 5) is 10.7. The third kappa shape index (κ3) is 3.27. The van der Waals surface area contributed by atoms with Crippen LogP contribution in [0.15, 0.2) is 24.3 Å². The molecule has 1 N–H and O–H groups in total. The Balaban J connectivity index is 2.67. The summed E-state index contributed by atoms with van der Waals surface area (Å²) in [6, 6.07) is 7.52. The molecule has 1 rings (SSSR count). The summed E-state index contributed by atoms with van der Waals surface area (Å²) in [5.74, 6) is -0.307. The fraction of sp³-hybridized carbons (Fsp3) is 0.417. The van der Waals surface area contributed by atoms with Crippen molar-refractivity contribution in [1.29, 1.82) is 0 Å². The van der Waals surface area contributed by atoms with Crippen LogP contribution in [-0.2, 0) is 11.2 Å². The average molecular weight is 208 g/mol. The molecule has 0 saturated carbocycles. The van der Waals surface area contributed by atoms with E-state index in [1.807, 2.05) is 24.3 Å². The average Bonchev–Trinajstić information content (AvgIpc) is 2.26. The molecule has 0 heterocycles. The molecule has 82 valence electrons. The van der Waals surface area contributed by atoms with Crippen LogP contribution in [-0.4, -0.2) is 17.2 Å². The van der Waals surface area contributed by atoms with Crippen LogP contribution in [0.5, 0.6) is 5.75 Å². The van der Waals surface area contributed by atoms with Crippen molar-refractivity contribution in [2.24, 2.45) is 0 Å². The summed E-state index contributed by atoms with van der Waals surface area (Å²) in [5, 5.41) is 8.81. The number of carbonyl (C=O) groups is 1. The van der Waals surface area contributed by atoms with Gasteiger partial charge in [-0.15, -0.1) is 0 Å². The predicted molar refractivity (Wildman–Crippen MR) is 58.2 cm³/mol. The lowest BCUT2D eigenvalue weighted by molar-refractivity contribution is -0.145. The van der Waals surface area contributed by atoms with Crippen molar-refractivity contribution in [3.8, 4) is 5.75 Å². The Morgan fingerprint density at radius 3 is 2.33 bits per heavy atom. The monoisotopic (exact) mass is 208 g/mol. The molecule has 0 aliphatic rings. The summed E-state index contributed by atoms with van der Waals surface area (Å²) in [6.45, 7) is 3.86. The molecule has 0 bridgehead atoms.